The van der Waals surface area contributed by atoms with E-state index < -0.39 is 28.7 Å². The van der Waals surface area contributed by atoms with Crippen molar-refractivity contribution in [2.45, 2.75) is 74.4 Å². The number of halogens is 1. The number of aliphatic hydroxyl groups excluding tert-OH is 1. The highest BCUT2D eigenvalue weighted by Crippen LogP contribution is 2.68. The number of carbonyl (C=O) groups is 3. The molecule has 1 aromatic carbocycles. The molecule has 3 aliphatic rings. The van der Waals surface area contributed by atoms with Crippen molar-refractivity contribution in [3.63, 3.8) is 0 Å². The van der Waals surface area contributed by atoms with Crippen molar-refractivity contribution in [2.75, 3.05) is 36.5 Å². The van der Waals surface area contributed by atoms with Crippen LogP contribution in [0, 0.1) is 17.8 Å². The van der Waals surface area contributed by atoms with Crippen LogP contribution >= 0.6 is 27.7 Å². The summed E-state index contributed by atoms with van der Waals surface area (Å²) in [5.41, 5.74) is 1.72. The monoisotopic (exact) mass is 609 g/mol. The standard InChI is InChI=1S/C28H40BrN3O5S/c1-6-16(5)20(15-33)32-24(25(34)30-17-10-12-18(13-11-17)31(7-2)8-3)28-14-19(29)23(38-28)21(22(28)26(32)35)27(36)37-9-4/h10-13,16,19-24,33H,6-9,14-15H2,1-5H3,(H,30,34)/t16-,19?,20-,21+,22-,23+,24?,28?/m0/s1. The van der Waals surface area contributed by atoms with E-state index in [1.54, 1.807) is 23.6 Å². The van der Waals surface area contributed by atoms with Crippen molar-refractivity contribution in [1.29, 1.82) is 0 Å². The third-order valence-electron chi connectivity index (χ3n) is 8.64. The van der Waals surface area contributed by atoms with Crippen LogP contribution in [0.1, 0.15) is 47.5 Å². The van der Waals surface area contributed by atoms with Gasteiger partial charge in [-0.05, 0) is 57.4 Å². The fourth-order valence-electron chi connectivity index (χ4n) is 6.60. The van der Waals surface area contributed by atoms with E-state index in [4.69, 9.17) is 4.74 Å². The Balaban J connectivity index is 1.72. The zero-order valence-electron chi connectivity index (χ0n) is 22.9. The van der Waals surface area contributed by atoms with Crippen LogP contribution in [0.4, 0.5) is 11.4 Å². The summed E-state index contributed by atoms with van der Waals surface area (Å²) in [6, 6.07) is 6.39. The van der Waals surface area contributed by atoms with E-state index in [1.165, 1.54) is 0 Å². The molecule has 210 valence electrons. The molecule has 0 aliphatic carbocycles. The Hall–Kier alpha value is -1.78. The van der Waals surface area contributed by atoms with E-state index in [0.29, 0.717) is 12.1 Å². The van der Waals surface area contributed by atoms with Crippen LogP contribution in [-0.2, 0) is 19.1 Å². The quantitative estimate of drug-likeness (QED) is 0.290. The first-order valence-electron chi connectivity index (χ1n) is 13.8. The number of fused-ring (bicyclic) bond motifs is 1. The minimum atomic E-state index is -0.817. The minimum Gasteiger partial charge on any atom is -0.466 e. The Morgan fingerprint density at radius 3 is 2.45 bits per heavy atom. The molecule has 3 heterocycles. The molecule has 38 heavy (non-hydrogen) atoms. The Morgan fingerprint density at radius 1 is 1.24 bits per heavy atom. The SMILES string of the molecule is CCOC(=O)[C@H]1[C@@H]2SC3(CC2Br)C(C(=O)Nc2ccc(N(CC)CC)cc2)N([C@@H](CO)[C@@H](C)CC)C(=O)[C@H]13. The lowest BCUT2D eigenvalue weighted by Crippen LogP contribution is -2.56. The number of esters is 1. The van der Waals surface area contributed by atoms with Crippen LogP contribution < -0.4 is 10.2 Å². The molecule has 3 unspecified atom stereocenters. The van der Waals surface area contributed by atoms with Crippen molar-refractivity contribution < 1.29 is 24.2 Å². The Labute approximate surface area is 238 Å². The average Bonchev–Trinajstić information content (AvgIpc) is 3.50. The molecule has 0 aromatic heterocycles. The van der Waals surface area contributed by atoms with Gasteiger partial charge in [-0.2, -0.15) is 0 Å². The maximum Gasteiger partial charge on any atom is 0.310 e. The first-order chi connectivity index (χ1) is 18.2. The molecule has 3 saturated heterocycles. The number of ether oxygens (including phenoxy) is 1. The van der Waals surface area contributed by atoms with Gasteiger partial charge in [0, 0.05) is 34.5 Å². The number of benzene rings is 1. The summed E-state index contributed by atoms with van der Waals surface area (Å²) in [7, 11) is 0. The molecule has 2 bridgehead atoms. The van der Waals surface area contributed by atoms with E-state index in [2.05, 4.69) is 40.0 Å². The second kappa shape index (κ2) is 11.8. The fourth-order valence-corrected chi connectivity index (χ4v) is 10.2. The van der Waals surface area contributed by atoms with Gasteiger partial charge in [0.1, 0.15) is 6.04 Å². The smallest absolute Gasteiger partial charge is 0.310 e. The van der Waals surface area contributed by atoms with E-state index in [-0.39, 0.29) is 47.0 Å². The van der Waals surface area contributed by atoms with Gasteiger partial charge in [0.2, 0.25) is 11.8 Å². The van der Waals surface area contributed by atoms with Crippen molar-refractivity contribution in [2.24, 2.45) is 17.8 Å². The molecule has 3 fully saturated rings. The normalized spacial score (nSPS) is 31.2. The number of carbonyl (C=O) groups excluding carboxylic acids is 3. The van der Waals surface area contributed by atoms with Crippen molar-refractivity contribution in [3.05, 3.63) is 24.3 Å². The number of aliphatic hydroxyl groups is 1. The maximum atomic E-state index is 14.2. The highest BCUT2D eigenvalue weighted by Gasteiger charge is 2.76. The minimum absolute atomic E-state index is 0.0224. The average molecular weight is 611 g/mol. The second-order valence-electron chi connectivity index (χ2n) is 10.5. The van der Waals surface area contributed by atoms with Crippen molar-refractivity contribution in [1.82, 2.24) is 4.90 Å². The molecule has 0 saturated carbocycles. The molecule has 1 aromatic rings. The first-order valence-corrected chi connectivity index (χ1v) is 15.6. The number of hydrogen-bond donors (Lipinski definition) is 2. The Kier molecular flexibility index (Phi) is 9.04. The molecule has 8 nitrogen and oxygen atoms in total. The van der Waals surface area contributed by atoms with Gasteiger partial charge in [-0.3, -0.25) is 14.4 Å². The van der Waals surface area contributed by atoms with Crippen molar-refractivity contribution >= 4 is 56.9 Å². The summed E-state index contributed by atoms with van der Waals surface area (Å²) in [5, 5.41) is 13.3. The van der Waals surface area contributed by atoms with Gasteiger partial charge in [0.25, 0.3) is 0 Å². The highest BCUT2D eigenvalue weighted by molar-refractivity contribution is 9.09. The van der Waals surface area contributed by atoms with Gasteiger partial charge < -0.3 is 25.0 Å². The summed E-state index contributed by atoms with van der Waals surface area (Å²) in [5.74, 6) is -2.21. The number of nitrogens with one attached hydrogen (secondary N) is 1. The molecule has 4 rings (SSSR count). The number of nitrogens with zero attached hydrogens (tertiary/aromatic N) is 2. The van der Waals surface area contributed by atoms with Crippen LogP contribution in [0.3, 0.4) is 0 Å². The predicted octanol–water partition coefficient (Wildman–Crippen LogP) is 3.91. The Bertz CT molecular complexity index is 1040. The van der Waals surface area contributed by atoms with Gasteiger partial charge >= 0.3 is 5.97 Å². The van der Waals surface area contributed by atoms with Gasteiger partial charge in [-0.1, -0.05) is 36.2 Å². The van der Waals surface area contributed by atoms with Crippen LogP contribution in [0.5, 0.6) is 0 Å². The number of thioether (sulfide) groups is 1. The molecule has 1 spiro atoms. The number of amides is 2. The lowest BCUT2D eigenvalue weighted by atomic mass is 9.71. The fraction of sp³-hybridized carbons (Fsp3) is 0.679. The zero-order valence-corrected chi connectivity index (χ0v) is 25.3. The van der Waals surface area contributed by atoms with Crippen molar-refractivity contribution in [3.8, 4) is 0 Å². The third kappa shape index (κ3) is 4.74. The molecule has 3 aliphatic heterocycles. The number of anilines is 2. The first kappa shape index (κ1) is 29.2. The van der Waals surface area contributed by atoms with Crippen LogP contribution in [-0.4, -0.2) is 81.0 Å². The Morgan fingerprint density at radius 2 is 1.89 bits per heavy atom. The lowest BCUT2D eigenvalue weighted by molar-refractivity contribution is -0.154. The maximum absolute atomic E-state index is 14.2. The summed E-state index contributed by atoms with van der Waals surface area (Å²) in [6.45, 7) is 11.7. The molecule has 2 amide bonds. The molecule has 2 N–H and O–H groups in total. The molecule has 8 atom stereocenters. The highest BCUT2D eigenvalue weighted by atomic mass is 79.9. The second-order valence-corrected chi connectivity index (χ2v) is 13.2. The summed E-state index contributed by atoms with van der Waals surface area (Å²) < 4.78 is 4.63. The van der Waals surface area contributed by atoms with Gasteiger partial charge in [0.05, 0.1) is 35.8 Å². The number of likely N-dealkylation sites (tertiary alicyclic amines) is 1. The summed E-state index contributed by atoms with van der Waals surface area (Å²) in [4.78, 5) is 45.2. The molecular weight excluding hydrogens is 570 g/mol. The van der Waals surface area contributed by atoms with Crippen LogP contribution in [0.2, 0.25) is 0 Å². The third-order valence-corrected chi connectivity index (χ3v) is 11.9. The van der Waals surface area contributed by atoms with E-state index >= 15 is 0 Å². The van der Waals surface area contributed by atoms with Gasteiger partial charge in [-0.25, -0.2) is 0 Å². The van der Waals surface area contributed by atoms with E-state index in [0.717, 1.165) is 25.2 Å². The van der Waals surface area contributed by atoms with Gasteiger partial charge in [0.15, 0.2) is 0 Å². The van der Waals surface area contributed by atoms with Gasteiger partial charge in [-0.15, -0.1) is 11.8 Å². The van der Waals surface area contributed by atoms with E-state index in [1.807, 2.05) is 38.1 Å². The topological polar surface area (TPSA) is 99.2 Å². The zero-order chi connectivity index (χ0) is 27.8. The summed E-state index contributed by atoms with van der Waals surface area (Å²) >= 11 is 5.33. The van der Waals surface area contributed by atoms with Crippen LogP contribution in [0.25, 0.3) is 0 Å². The molecule has 10 heteroatoms. The summed E-state index contributed by atoms with van der Waals surface area (Å²) in [6.07, 6.45) is 1.33. The number of alkyl halides is 1. The number of rotatable bonds is 11. The molecule has 0 radical (unpaired) electrons. The number of hydrogen-bond acceptors (Lipinski definition) is 7. The van der Waals surface area contributed by atoms with E-state index in [9.17, 15) is 19.5 Å². The molecular formula is C28H40BrN3O5S. The predicted molar refractivity (Wildman–Crippen MR) is 155 cm³/mol. The van der Waals surface area contributed by atoms with Crippen LogP contribution in [0.15, 0.2) is 24.3 Å². The largest absolute Gasteiger partial charge is 0.466 e. The lowest BCUT2D eigenvalue weighted by Gasteiger charge is -2.39.